The molecule has 26 heavy (non-hydrogen) atoms. The van der Waals surface area contributed by atoms with E-state index in [-0.39, 0.29) is 26.1 Å². The minimum atomic E-state index is -3.54. The predicted octanol–water partition coefficient (Wildman–Crippen LogP) is 2.90. The van der Waals surface area contributed by atoms with Crippen molar-refractivity contribution in [1.29, 1.82) is 0 Å². The third-order valence-electron chi connectivity index (χ3n) is 4.17. The molecule has 0 N–H and O–H groups in total. The number of hydrogen-bond acceptors (Lipinski definition) is 5. The van der Waals surface area contributed by atoms with Crippen molar-refractivity contribution in [3.63, 3.8) is 0 Å². The van der Waals surface area contributed by atoms with Crippen LogP contribution in [0.1, 0.15) is 18.9 Å². The Labute approximate surface area is 157 Å². The lowest BCUT2D eigenvalue weighted by molar-refractivity contribution is -0.128. The zero-order valence-electron chi connectivity index (χ0n) is 14.3. The van der Waals surface area contributed by atoms with Gasteiger partial charge >= 0.3 is 0 Å². The number of benzene rings is 2. The van der Waals surface area contributed by atoms with Crippen LogP contribution in [0.4, 0.5) is 0 Å². The molecule has 1 saturated heterocycles. The number of nitrogens with zero attached hydrogens (tertiary/aromatic N) is 1. The summed E-state index contributed by atoms with van der Waals surface area (Å²) < 4.78 is 25.2. The van der Waals surface area contributed by atoms with Crippen molar-refractivity contribution >= 4 is 32.6 Å². The molecule has 1 fully saturated rings. The fourth-order valence-corrected chi connectivity index (χ4v) is 5.16. The van der Waals surface area contributed by atoms with Crippen LogP contribution in [0.5, 0.6) is 0 Å². The van der Waals surface area contributed by atoms with E-state index in [4.69, 9.17) is 0 Å². The molecule has 1 aliphatic heterocycles. The van der Waals surface area contributed by atoms with Crippen LogP contribution in [0.3, 0.4) is 0 Å². The van der Waals surface area contributed by atoms with Gasteiger partial charge in [0.05, 0.1) is 9.79 Å². The molecule has 0 aromatic heterocycles. The molecule has 1 unspecified atom stereocenters. The Balaban J connectivity index is 1.71. The van der Waals surface area contributed by atoms with Gasteiger partial charge in [0.1, 0.15) is 0 Å². The Morgan fingerprint density at radius 3 is 2.31 bits per heavy atom. The third-order valence-corrected chi connectivity index (χ3v) is 6.94. The highest BCUT2D eigenvalue weighted by molar-refractivity contribution is 8.14. The maximum Gasteiger partial charge on any atom is 0.224 e. The highest BCUT2D eigenvalue weighted by atomic mass is 32.2. The lowest BCUT2D eigenvalue weighted by atomic mass is 10.2. The van der Waals surface area contributed by atoms with E-state index in [1.165, 1.54) is 18.7 Å². The number of rotatable bonds is 5. The van der Waals surface area contributed by atoms with Gasteiger partial charge in [-0.15, -0.1) is 0 Å². The third kappa shape index (κ3) is 4.16. The topological polar surface area (TPSA) is 71.5 Å². The largest absolute Gasteiger partial charge is 0.337 e. The van der Waals surface area contributed by atoms with Crippen molar-refractivity contribution in [2.75, 3.05) is 6.54 Å². The lowest BCUT2D eigenvalue weighted by Crippen LogP contribution is -2.25. The number of thioether (sulfide) groups is 1. The SMILES string of the molecule is CC(=O)SC1CC(=O)N(Cc2ccc(S(=O)(=O)c3ccccc3)cc2)C1. The maximum atomic E-state index is 12.6. The highest BCUT2D eigenvalue weighted by Gasteiger charge is 2.30. The van der Waals surface area contributed by atoms with E-state index < -0.39 is 9.84 Å². The van der Waals surface area contributed by atoms with Crippen molar-refractivity contribution in [3.05, 3.63) is 60.2 Å². The van der Waals surface area contributed by atoms with E-state index in [2.05, 4.69) is 0 Å². The summed E-state index contributed by atoms with van der Waals surface area (Å²) in [7, 11) is -3.54. The first-order chi connectivity index (χ1) is 12.4. The second kappa shape index (κ2) is 7.63. The van der Waals surface area contributed by atoms with E-state index in [1.807, 2.05) is 0 Å². The van der Waals surface area contributed by atoms with Gasteiger partial charge in [0.2, 0.25) is 15.7 Å². The van der Waals surface area contributed by atoms with Gasteiger partial charge in [0.15, 0.2) is 5.12 Å². The summed E-state index contributed by atoms with van der Waals surface area (Å²) in [5, 5.41) is 0.0119. The summed E-state index contributed by atoms with van der Waals surface area (Å²) in [4.78, 5) is 25.5. The van der Waals surface area contributed by atoms with Crippen LogP contribution < -0.4 is 0 Å². The smallest absolute Gasteiger partial charge is 0.224 e. The molecular formula is C19H19NO4S2. The Bertz CT molecular complexity index is 908. The summed E-state index contributed by atoms with van der Waals surface area (Å²) in [5.74, 6) is 0.0183. The normalized spacial score (nSPS) is 17.5. The molecule has 5 nitrogen and oxygen atoms in total. The van der Waals surface area contributed by atoms with Crippen LogP contribution in [0.2, 0.25) is 0 Å². The summed E-state index contributed by atoms with van der Waals surface area (Å²) in [6.45, 7) is 2.45. The molecule has 1 atom stereocenters. The number of amides is 1. The number of carbonyl (C=O) groups is 2. The first-order valence-corrected chi connectivity index (χ1v) is 10.6. The average Bonchev–Trinajstić information content (AvgIpc) is 2.94. The molecular weight excluding hydrogens is 370 g/mol. The van der Waals surface area contributed by atoms with Crippen LogP contribution in [0, 0.1) is 0 Å². The summed E-state index contributed by atoms with van der Waals surface area (Å²) in [6.07, 6.45) is 0.366. The fraction of sp³-hybridized carbons (Fsp3) is 0.263. The molecule has 2 aromatic rings. The van der Waals surface area contributed by atoms with Crippen molar-refractivity contribution in [3.8, 4) is 0 Å². The highest BCUT2D eigenvalue weighted by Crippen LogP contribution is 2.26. The minimum Gasteiger partial charge on any atom is -0.337 e. The van der Waals surface area contributed by atoms with Crippen LogP contribution in [-0.4, -0.2) is 36.1 Å². The molecule has 1 amide bonds. The molecule has 0 spiro atoms. The molecule has 0 bridgehead atoms. The minimum absolute atomic E-state index is 0.00210. The van der Waals surface area contributed by atoms with Gasteiger partial charge in [-0.1, -0.05) is 42.1 Å². The average molecular weight is 389 g/mol. The van der Waals surface area contributed by atoms with Crippen molar-refractivity contribution in [2.24, 2.45) is 0 Å². The van der Waals surface area contributed by atoms with Crippen molar-refractivity contribution < 1.29 is 18.0 Å². The molecule has 0 aliphatic carbocycles. The van der Waals surface area contributed by atoms with Gasteiger partial charge in [0, 0.05) is 31.7 Å². The second-order valence-electron chi connectivity index (χ2n) is 6.17. The lowest BCUT2D eigenvalue weighted by Gasteiger charge is -2.16. The van der Waals surface area contributed by atoms with Gasteiger partial charge in [-0.05, 0) is 29.8 Å². The first-order valence-electron chi connectivity index (χ1n) is 8.20. The molecule has 7 heteroatoms. The van der Waals surface area contributed by atoms with Gasteiger partial charge in [-0.25, -0.2) is 8.42 Å². The van der Waals surface area contributed by atoms with Crippen LogP contribution in [0.15, 0.2) is 64.4 Å². The molecule has 1 heterocycles. The van der Waals surface area contributed by atoms with E-state index in [9.17, 15) is 18.0 Å². The predicted molar refractivity (Wildman–Crippen MR) is 100 cm³/mol. The monoisotopic (exact) mass is 389 g/mol. The van der Waals surface area contributed by atoms with Crippen molar-refractivity contribution in [2.45, 2.75) is 34.9 Å². The van der Waals surface area contributed by atoms with E-state index in [0.717, 1.165) is 5.56 Å². The van der Waals surface area contributed by atoms with Crippen LogP contribution in [-0.2, 0) is 26.0 Å². The summed E-state index contributed by atoms with van der Waals surface area (Å²) >= 11 is 1.20. The molecule has 0 saturated carbocycles. The Kier molecular flexibility index (Phi) is 5.48. The van der Waals surface area contributed by atoms with Gasteiger partial charge < -0.3 is 4.90 Å². The summed E-state index contributed by atoms with van der Waals surface area (Å²) in [6, 6.07) is 14.9. The van der Waals surface area contributed by atoms with Crippen LogP contribution >= 0.6 is 11.8 Å². The second-order valence-corrected chi connectivity index (χ2v) is 9.60. The molecule has 2 aromatic carbocycles. The molecule has 136 valence electrons. The zero-order valence-corrected chi connectivity index (χ0v) is 15.9. The fourth-order valence-electron chi connectivity index (χ4n) is 2.93. The van der Waals surface area contributed by atoms with E-state index >= 15 is 0 Å². The van der Waals surface area contributed by atoms with Crippen LogP contribution in [0.25, 0.3) is 0 Å². The van der Waals surface area contributed by atoms with E-state index in [0.29, 0.717) is 19.5 Å². The van der Waals surface area contributed by atoms with Gasteiger partial charge in [-0.3, -0.25) is 9.59 Å². The Morgan fingerprint density at radius 2 is 1.69 bits per heavy atom. The summed E-state index contributed by atoms with van der Waals surface area (Å²) in [5.41, 5.74) is 0.860. The number of hydrogen-bond donors (Lipinski definition) is 0. The van der Waals surface area contributed by atoms with Gasteiger partial charge in [-0.2, -0.15) is 0 Å². The maximum absolute atomic E-state index is 12.6. The van der Waals surface area contributed by atoms with E-state index in [1.54, 1.807) is 59.5 Å². The Hall–Kier alpha value is -2.12. The first kappa shape index (κ1) is 18.7. The molecule has 0 radical (unpaired) electrons. The molecule has 1 aliphatic rings. The van der Waals surface area contributed by atoms with Gasteiger partial charge in [0.25, 0.3) is 0 Å². The number of carbonyl (C=O) groups excluding carboxylic acids is 2. The van der Waals surface area contributed by atoms with Crippen molar-refractivity contribution in [1.82, 2.24) is 4.90 Å². The number of likely N-dealkylation sites (tertiary alicyclic amines) is 1. The molecule has 3 rings (SSSR count). The quantitative estimate of drug-likeness (QED) is 0.786. The Morgan fingerprint density at radius 1 is 1.08 bits per heavy atom. The zero-order chi connectivity index (χ0) is 18.7. The number of sulfone groups is 1. The standard InChI is InChI=1S/C19H19NO4S2/c1-14(21)25-16-11-19(22)20(13-16)12-15-7-9-18(10-8-15)26(23,24)17-5-3-2-4-6-17/h2-10,16H,11-13H2,1H3.